The average Bonchev–Trinajstić information content (AvgIpc) is 3.50. The molecule has 2 aromatic carbocycles. The van der Waals surface area contributed by atoms with Crippen molar-refractivity contribution in [2.75, 3.05) is 24.2 Å². The third-order valence-electron chi connectivity index (χ3n) is 7.10. The predicted octanol–water partition coefficient (Wildman–Crippen LogP) is 2.10. The number of likely N-dealkylation sites (N-methyl/N-ethyl adjacent to an activating group) is 1. The Morgan fingerprint density at radius 1 is 1.18 bits per heavy atom. The van der Waals surface area contributed by atoms with Crippen LogP contribution in [0.2, 0.25) is 0 Å². The van der Waals surface area contributed by atoms with Crippen LogP contribution in [0.25, 0.3) is 0 Å². The Kier molecular flexibility index (Phi) is 5.85. The van der Waals surface area contributed by atoms with Gasteiger partial charge in [-0.15, -0.1) is 0 Å². The van der Waals surface area contributed by atoms with Crippen LogP contribution in [-0.4, -0.2) is 64.0 Å². The second-order valence-electron chi connectivity index (χ2n) is 9.45. The Morgan fingerprint density at radius 3 is 2.64 bits per heavy atom. The van der Waals surface area contributed by atoms with E-state index in [1.807, 2.05) is 0 Å². The molecule has 0 bridgehead atoms. The highest BCUT2D eigenvalue weighted by Crippen LogP contribution is 2.46. The average molecular weight is 526 g/mol. The number of rotatable bonds is 5. The van der Waals surface area contributed by atoms with Crippen LogP contribution in [0.5, 0.6) is 0 Å². The highest BCUT2D eigenvalue weighted by molar-refractivity contribution is 6.39. The van der Waals surface area contributed by atoms with Crippen molar-refractivity contribution in [1.29, 1.82) is 5.26 Å². The molecule has 1 fully saturated rings. The lowest BCUT2D eigenvalue weighted by Crippen LogP contribution is -2.54. The Balaban J connectivity index is 1.53. The van der Waals surface area contributed by atoms with Crippen LogP contribution >= 0.6 is 0 Å². The van der Waals surface area contributed by atoms with Crippen molar-refractivity contribution in [2.45, 2.75) is 30.3 Å². The molecule has 4 amide bonds. The van der Waals surface area contributed by atoms with Crippen molar-refractivity contribution in [3.05, 3.63) is 90.1 Å². The molecular formula is C29H26N6O4. The van der Waals surface area contributed by atoms with Crippen LogP contribution < -0.4 is 10.6 Å². The molecule has 1 saturated heterocycles. The molecule has 5 rings (SSSR count). The number of carbonyl (C=O) groups is 4. The topological polar surface area (TPSA) is 136 Å². The van der Waals surface area contributed by atoms with Crippen molar-refractivity contribution in [2.24, 2.45) is 0 Å². The van der Waals surface area contributed by atoms with Gasteiger partial charge in [-0.1, -0.05) is 54.6 Å². The molecule has 1 aromatic heterocycles. The number of pyridine rings is 1. The molecule has 0 aliphatic carbocycles. The van der Waals surface area contributed by atoms with Gasteiger partial charge in [0.2, 0.25) is 11.8 Å². The Hall–Kier alpha value is -5.04. The molecule has 196 valence electrons. The summed E-state index contributed by atoms with van der Waals surface area (Å²) in [4.78, 5) is 59.4. The van der Waals surface area contributed by atoms with Gasteiger partial charge in [0.25, 0.3) is 0 Å². The third kappa shape index (κ3) is 4.70. The number of benzene rings is 2. The van der Waals surface area contributed by atoms with Gasteiger partial charge in [0.1, 0.15) is 17.9 Å². The van der Waals surface area contributed by atoms with E-state index in [1.165, 1.54) is 12.3 Å². The van der Waals surface area contributed by atoms with E-state index < -0.39 is 42.2 Å². The van der Waals surface area contributed by atoms with Crippen LogP contribution in [0.4, 0.5) is 11.5 Å². The second kappa shape index (κ2) is 10.4. The van der Waals surface area contributed by atoms with Gasteiger partial charge in [0.15, 0.2) is 0 Å². The molecule has 2 N–H and O–H groups in total. The summed E-state index contributed by atoms with van der Waals surface area (Å²) >= 11 is 0. The summed E-state index contributed by atoms with van der Waals surface area (Å²) < 4.78 is 24.5. The minimum absolute atomic E-state index is 0.0159. The zero-order valence-corrected chi connectivity index (χ0v) is 20.7. The van der Waals surface area contributed by atoms with E-state index in [-0.39, 0.29) is 36.0 Å². The Morgan fingerprint density at radius 2 is 1.92 bits per heavy atom. The Bertz CT molecular complexity index is 1580. The lowest BCUT2D eigenvalue weighted by molar-refractivity contribution is -0.149. The smallest absolute Gasteiger partial charge is 0.315 e. The standard InChI is InChI=1S/C29H26N6O4/c1-34(27(38)25(36)33-24-13-7-8-14-31-24)23(15-19-9-3-2-4-10-19)26(37)35-18-29(16-20(35)17-30)21-11-5-6-12-22(21)32-28(29)39/h2-14,20,23H,15-16,18H2,1H3,(H,32,39)(H,31,33,36)/t20-,23-,29-/m0/s1/i1D3. The number of para-hydroxylation sites is 1. The first-order valence-corrected chi connectivity index (χ1v) is 12.3. The van der Waals surface area contributed by atoms with Gasteiger partial charge in [-0.3, -0.25) is 19.2 Å². The fourth-order valence-corrected chi connectivity index (χ4v) is 5.16. The minimum atomic E-state index is -3.22. The first-order valence-electron chi connectivity index (χ1n) is 13.8. The minimum Gasteiger partial charge on any atom is -0.325 e. The summed E-state index contributed by atoms with van der Waals surface area (Å²) in [5.41, 5.74) is 0.493. The Labute approximate surface area is 229 Å². The van der Waals surface area contributed by atoms with Gasteiger partial charge >= 0.3 is 11.8 Å². The van der Waals surface area contributed by atoms with Gasteiger partial charge in [0.05, 0.1) is 11.5 Å². The summed E-state index contributed by atoms with van der Waals surface area (Å²) in [7, 11) is 0. The summed E-state index contributed by atoms with van der Waals surface area (Å²) in [6.07, 6.45) is 1.11. The van der Waals surface area contributed by atoms with Crippen LogP contribution in [0.3, 0.4) is 0 Å². The lowest BCUT2D eigenvalue weighted by Gasteiger charge is -2.32. The van der Waals surface area contributed by atoms with E-state index in [0.717, 1.165) is 4.90 Å². The third-order valence-corrected chi connectivity index (χ3v) is 7.10. The molecule has 0 unspecified atom stereocenters. The first kappa shape index (κ1) is 22.0. The zero-order valence-electron chi connectivity index (χ0n) is 23.7. The van der Waals surface area contributed by atoms with E-state index in [2.05, 4.69) is 21.7 Å². The fraction of sp³-hybridized carbons (Fsp3) is 0.241. The lowest BCUT2D eigenvalue weighted by atomic mass is 9.80. The van der Waals surface area contributed by atoms with Gasteiger partial charge in [-0.05, 0) is 29.3 Å². The molecule has 0 radical (unpaired) electrons. The maximum Gasteiger partial charge on any atom is 0.315 e. The monoisotopic (exact) mass is 525 g/mol. The number of amides is 4. The van der Waals surface area contributed by atoms with Crippen LogP contribution in [0, 0.1) is 11.3 Å². The van der Waals surface area contributed by atoms with Crippen molar-refractivity contribution in [3.63, 3.8) is 0 Å². The van der Waals surface area contributed by atoms with E-state index >= 15 is 0 Å². The number of nitriles is 1. The molecule has 2 aliphatic rings. The largest absolute Gasteiger partial charge is 0.325 e. The van der Waals surface area contributed by atoms with E-state index in [0.29, 0.717) is 16.8 Å². The maximum absolute atomic E-state index is 14.3. The van der Waals surface area contributed by atoms with Crippen molar-refractivity contribution in [1.82, 2.24) is 14.8 Å². The molecular weight excluding hydrogens is 496 g/mol. The summed E-state index contributed by atoms with van der Waals surface area (Å²) in [5.74, 6) is -3.99. The van der Waals surface area contributed by atoms with Gasteiger partial charge < -0.3 is 20.4 Å². The van der Waals surface area contributed by atoms with Crippen LogP contribution in [-0.2, 0) is 31.0 Å². The van der Waals surface area contributed by atoms with Gasteiger partial charge in [-0.25, -0.2) is 4.98 Å². The molecule has 0 saturated carbocycles. The molecule has 2 aliphatic heterocycles. The van der Waals surface area contributed by atoms with Gasteiger partial charge in [-0.2, -0.15) is 5.26 Å². The number of hydrogen-bond donors (Lipinski definition) is 2. The molecule has 39 heavy (non-hydrogen) atoms. The number of aromatic nitrogens is 1. The van der Waals surface area contributed by atoms with E-state index in [1.54, 1.807) is 66.7 Å². The number of nitrogens with one attached hydrogen (secondary N) is 2. The summed E-state index contributed by atoms with van der Waals surface area (Å²) in [6.45, 7) is -3.42. The highest BCUT2D eigenvalue weighted by atomic mass is 16.2. The van der Waals surface area contributed by atoms with Crippen molar-refractivity contribution in [3.8, 4) is 6.07 Å². The number of carbonyl (C=O) groups excluding carboxylic acids is 4. The highest BCUT2D eigenvalue weighted by Gasteiger charge is 2.56. The number of anilines is 2. The molecule has 10 heteroatoms. The van der Waals surface area contributed by atoms with Gasteiger partial charge in [0, 0.05) is 42.4 Å². The maximum atomic E-state index is 14.3. The van der Waals surface area contributed by atoms with Crippen LogP contribution in [0.1, 0.15) is 21.7 Å². The van der Waals surface area contributed by atoms with E-state index in [9.17, 15) is 24.4 Å². The second-order valence-corrected chi connectivity index (χ2v) is 9.45. The molecule has 3 aromatic rings. The molecule has 1 spiro atoms. The number of fused-ring (bicyclic) bond motifs is 2. The first-order chi connectivity index (χ1) is 20.0. The summed E-state index contributed by atoms with van der Waals surface area (Å²) in [6, 6.07) is 19.3. The van der Waals surface area contributed by atoms with Crippen molar-refractivity contribution < 1.29 is 23.3 Å². The predicted molar refractivity (Wildman–Crippen MR) is 142 cm³/mol. The number of likely N-dealkylation sites (tertiary alicyclic amines) is 1. The zero-order chi connectivity index (χ0) is 30.1. The molecule has 3 heterocycles. The number of hydrogen-bond acceptors (Lipinski definition) is 6. The van der Waals surface area contributed by atoms with E-state index in [4.69, 9.17) is 4.11 Å². The van der Waals surface area contributed by atoms with Crippen LogP contribution in [0.15, 0.2) is 79.0 Å². The van der Waals surface area contributed by atoms with Crippen molar-refractivity contribution >= 4 is 35.1 Å². The fourth-order valence-electron chi connectivity index (χ4n) is 5.16. The quantitative estimate of drug-likeness (QED) is 0.490. The number of nitrogens with zero attached hydrogens (tertiary/aromatic N) is 4. The molecule has 10 nitrogen and oxygen atoms in total. The SMILES string of the molecule is [2H]C([2H])([2H])N(C(=O)C(=O)Nc1ccccn1)[C@@H](Cc1ccccc1)C(=O)N1C[C@]2(C[C@H]1C#N)C(=O)Nc1ccccc12. The normalized spacial score (nSPS) is 21.5. The molecule has 3 atom stereocenters. The summed E-state index contributed by atoms with van der Waals surface area (Å²) in [5, 5.41) is 15.1.